The van der Waals surface area contributed by atoms with Crippen LogP contribution in [0, 0.1) is 0 Å². The number of hydrogen-bond acceptors (Lipinski definition) is 4. The van der Waals surface area contributed by atoms with Crippen LogP contribution in [0.3, 0.4) is 0 Å². The molecule has 198 valence electrons. The Bertz CT molecular complexity index is 1460. The molecule has 0 bridgehead atoms. The van der Waals surface area contributed by atoms with Crippen molar-refractivity contribution in [3.63, 3.8) is 0 Å². The fourth-order valence-corrected chi connectivity index (χ4v) is 5.20. The van der Waals surface area contributed by atoms with Crippen LogP contribution in [-0.2, 0) is 22.6 Å². The van der Waals surface area contributed by atoms with Crippen molar-refractivity contribution in [2.75, 3.05) is 6.61 Å². The van der Waals surface area contributed by atoms with Crippen LogP contribution in [0.15, 0.2) is 91.0 Å². The number of nitrogens with one attached hydrogen (secondary N) is 1. The lowest BCUT2D eigenvalue weighted by molar-refractivity contribution is -0.139. The molecule has 1 amide bonds. The van der Waals surface area contributed by atoms with Crippen molar-refractivity contribution in [3.8, 4) is 16.9 Å². The molecule has 4 aromatic carbocycles. The Labute approximate surface area is 236 Å². The lowest BCUT2D eigenvalue weighted by Gasteiger charge is -2.18. The lowest BCUT2D eigenvalue weighted by Crippen LogP contribution is -2.42. The number of amides is 1. The molecule has 6 nitrogen and oxygen atoms in total. The number of ether oxygens (including phenoxy) is 2. The molecule has 1 aliphatic rings. The van der Waals surface area contributed by atoms with Gasteiger partial charge in [-0.2, -0.15) is 0 Å². The van der Waals surface area contributed by atoms with Crippen molar-refractivity contribution >= 4 is 35.3 Å². The first-order chi connectivity index (χ1) is 18.9. The Hall–Kier alpha value is -4.00. The molecule has 2 N–H and O–H groups in total. The van der Waals surface area contributed by atoms with Gasteiger partial charge in [-0.1, -0.05) is 89.9 Å². The molecule has 0 heterocycles. The van der Waals surface area contributed by atoms with E-state index in [-0.39, 0.29) is 25.6 Å². The van der Waals surface area contributed by atoms with Crippen molar-refractivity contribution in [1.29, 1.82) is 0 Å². The number of carboxylic acids is 1. The third-order valence-corrected chi connectivity index (χ3v) is 7.29. The van der Waals surface area contributed by atoms with Gasteiger partial charge >= 0.3 is 12.1 Å². The second-order valence-corrected chi connectivity index (χ2v) is 10.1. The average molecular weight is 562 g/mol. The molecule has 39 heavy (non-hydrogen) atoms. The highest BCUT2D eigenvalue weighted by Gasteiger charge is 2.29. The Morgan fingerprint density at radius 3 is 2.13 bits per heavy atom. The first-order valence-electron chi connectivity index (χ1n) is 12.4. The highest BCUT2D eigenvalue weighted by atomic mass is 35.5. The number of hydrogen-bond donors (Lipinski definition) is 2. The number of alkyl carbamates (subject to hydrolysis) is 1. The Kier molecular flexibility index (Phi) is 8.05. The quantitative estimate of drug-likeness (QED) is 0.227. The summed E-state index contributed by atoms with van der Waals surface area (Å²) in [5, 5.41) is 13.3. The van der Waals surface area contributed by atoms with Crippen LogP contribution in [0.1, 0.15) is 28.2 Å². The zero-order chi connectivity index (χ0) is 27.4. The first kappa shape index (κ1) is 26.6. The van der Waals surface area contributed by atoms with Crippen molar-refractivity contribution in [1.82, 2.24) is 5.32 Å². The van der Waals surface area contributed by atoms with E-state index in [1.807, 2.05) is 36.4 Å². The van der Waals surface area contributed by atoms with Gasteiger partial charge in [0.05, 0.1) is 0 Å². The standard InChI is InChI=1S/C31H25Cl2NO5/c32-21-12-11-20(28(33)16-21)17-38-22-13-9-19(10-14-22)15-29(30(35)36)34-31(37)39-18-27-25-7-3-1-5-23(25)24-6-2-4-8-26(24)27/h1-14,16,27,29H,15,17-18H2,(H,34,37)(H,35,36). The number of carbonyl (C=O) groups excluding carboxylic acids is 1. The minimum Gasteiger partial charge on any atom is -0.489 e. The maximum atomic E-state index is 12.6. The number of aliphatic carboxylic acids is 1. The Balaban J connectivity index is 1.17. The number of carboxylic acid groups (broad SMARTS) is 1. The molecule has 4 aromatic rings. The molecule has 0 saturated heterocycles. The highest BCUT2D eigenvalue weighted by molar-refractivity contribution is 6.35. The van der Waals surface area contributed by atoms with Crippen LogP contribution in [-0.4, -0.2) is 29.8 Å². The van der Waals surface area contributed by atoms with E-state index in [0.29, 0.717) is 15.8 Å². The molecule has 0 aliphatic heterocycles. The van der Waals surface area contributed by atoms with Gasteiger partial charge in [0.2, 0.25) is 0 Å². The van der Waals surface area contributed by atoms with E-state index in [1.54, 1.807) is 42.5 Å². The highest BCUT2D eigenvalue weighted by Crippen LogP contribution is 2.44. The SMILES string of the molecule is O=C(NC(Cc1ccc(OCc2ccc(Cl)cc2Cl)cc1)C(=O)O)OCC1c2ccccc2-c2ccccc21. The molecule has 1 atom stereocenters. The molecular formula is C31H25Cl2NO5. The lowest BCUT2D eigenvalue weighted by atomic mass is 9.98. The van der Waals surface area contributed by atoms with Gasteiger partial charge in [-0.25, -0.2) is 9.59 Å². The molecule has 0 aromatic heterocycles. The Morgan fingerprint density at radius 1 is 0.872 bits per heavy atom. The maximum absolute atomic E-state index is 12.6. The summed E-state index contributed by atoms with van der Waals surface area (Å²) in [6.07, 6.45) is -0.688. The summed E-state index contributed by atoms with van der Waals surface area (Å²) in [6, 6.07) is 27.1. The summed E-state index contributed by atoms with van der Waals surface area (Å²) < 4.78 is 11.3. The summed E-state index contributed by atoms with van der Waals surface area (Å²) in [4.78, 5) is 24.5. The van der Waals surface area contributed by atoms with E-state index < -0.39 is 18.1 Å². The second-order valence-electron chi connectivity index (χ2n) is 9.23. The van der Waals surface area contributed by atoms with Crippen LogP contribution >= 0.6 is 23.2 Å². The van der Waals surface area contributed by atoms with Crippen LogP contribution in [0.4, 0.5) is 4.79 Å². The number of fused-ring (bicyclic) bond motifs is 3. The maximum Gasteiger partial charge on any atom is 0.407 e. The smallest absolute Gasteiger partial charge is 0.407 e. The van der Waals surface area contributed by atoms with Gasteiger partial charge in [0.25, 0.3) is 0 Å². The van der Waals surface area contributed by atoms with Crippen molar-refractivity contribution in [3.05, 3.63) is 123 Å². The van der Waals surface area contributed by atoms with E-state index in [2.05, 4.69) is 17.4 Å². The molecule has 0 fully saturated rings. The number of benzene rings is 4. The third kappa shape index (κ3) is 6.19. The van der Waals surface area contributed by atoms with Crippen LogP contribution < -0.4 is 10.1 Å². The van der Waals surface area contributed by atoms with Gasteiger partial charge in [0.15, 0.2) is 0 Å². The number of carbonyl (C=O) groups is 2. The average Bonchev–Trinajstić information content (AvgIpc) is 3.25. The zero-order valence-electron chi connectivity index (χ0n) is 20.8. The fourth-order valence-electron chi connectivity index (χ4n) is 4.74. The van der Waals surface area contributed by atoms with Gasteiger partial charge in [0, 0.05) is 27.9 Å². The van der Waals surface area contributed by atoms with Gasteiger partial charge in [0.1, 0.15) is 25.0 Å². The van der Waals surface area contributed by atoms with Crippen molar-refractivity contribution < 1.29 is 24.2 Å². The molecule has 5 rings (SSSR count). The summed E-state index contributed by atoms with van der Waals surface area (Å²) >= 11 is 12.1. The number of halogens is 2. The topological polar surface area (TPSA) is 84.9 Å². The van der Waals surface area contributed by atoms with Gasteiger partial charge in [-0.3, -0.25) is 0 Å². The second kappa shape index (κ2) is 11.8. The molecule has 0 spiro atoms. The molecule has 1 aliphatic carbocycles. The van der Waals surface area contributed by atoms with Gasteiger partial charge in [-0.15, -0.1) is 0 Å². The van der Waals surface area contributed by atoms with Crippen LogP contribution in [0.2, 0.25) is 10.0 Å². The monoisotopic (exact) mass is 561 g/mol. The van der Waals surface area contributed by atoms with E-state index in [1.165, 1.54) is 0 Å². The van der Waals surface area contributed by atoms with Crippen molar-refractivity contribution in [2.24, 2.45) is 0 Å². The van der Waals surface area contributed by atoms with Gasteiger partial charge in [-0.05, 0) is 52.1 Å². The van der Waals surface area contributed by atoms with E-state index in [9.17, 15) is 14.7 Å². The minimum absolute atomic E-state index is 0.0861. The predicted molar refractivity (Wildman–Crippen MR) is 151 cm³/mol. The third-order valence-electron chi connectivity index (χ3n) is 6.71. The van der Waals surface area contributed by atoms with E-state index in [0.717, 1.165) is 33.4 Å². The normalized spacial score (nSPS) is 12.8. The summed E-state index contributed by atoms with van der Waals surface area (Å²) in [6.45, 7) is 0.367. The molecule has 0 radical (unpaired) electrons. The molecule has 1 unspecified atom stereocenters. The molecule has 8 heteroatoms. The predicted octanol–water partition coefficient (Wildman–Crippen LogP) is 7.11. The first-order valence-corrected chi connectivity index (χ1v) is 13.1. The van der Waals surface area contributed by atoms with Crippen LogP contribution in [0.25, 0.3) is 11.1 Å². The summed E-state index contributed by atoms with van der Waals surface area (Å²) in [7, 11) is 0. The van der Waals surface area contributed by atoms with E-state index in [4.69, 9.17) is 32.7 Å². The fraction of sp³-hybridized carbons (Fsp3) is 0.161. The van der Waals surface area contributed by atoms with E-state index >= 15 is 0 Å². The van der Waals surface area contributed by atoms with Gasteiger partial charge < -0.3 is 19.9 Å². The minimum atomic E-state index is -1.15. The Morgan fingerprint density at radius 2 is 1.51 bits per heavy atom. The summed E-state index contributed by atoms with van der Waals surface area (Å²) in [5.74, 6) is -0.663. The summed E-state index contributed by atoms with van der Waals surface area (Å²) in [5.41, 5.74) is 5.92. The molecular weight excluding hydrogens is 537 g/mol. The molecule has 0 saturated carbocycles. The zero-order valence-corrected chi connectivity index (χ0v) is 22.3. The largest absolute Gasteiger partial charge is 0.489 e. The van der Waals surface area contributed by atoms with Crippen molar-refractivity contribution in [2.45, 2.75) is 25.0 Å². The van der Waals surface area contributed by atoms with Crippen LogP contribution in [0.5, 0.6) is 5.75 Å². The number of rotatable bonds is 9.